The van der Waals surface area contributed by atoms with Crippen molar-refractivity contribution in [1.82, 2.24) is 4.90 Å². The Balaban J connectivity index is 1.69. The van der Waals surface area contributed by atoms with Gasteiger partial charge in [0.15, 0.2) is 10.9 Å². The topological polar surface area (TPSA) is 43.3 Å². The standard InChI is InChI=1S/C30H29ClN2O3S/c1-34-25-14-9-22(10-15-25)20-33(21-23-11-16-26(35-2)17-12-23)30(37-3)32-28-19-24(31)13-18-29(28)36-27-7-5-4-6-8-27/h4-19H,20-21H2,1-3H3. The monoisotopic (exact) mass is 532 g/mol. The molecule has 190 valence electrons. The number of thioether (sulfide) groups is 1. The van der Waals surface area contributed by atoms with Gasteiger partial charge in [-0.05, 0) is 72.0 Å². The lowest BCUT2D eigenvalue weighted by Gasteiger charge is -2.26. The highest BCUT2D eigenvalue weighted by Crippen LogP contribution is 2.35. The first-order valence-electron chi connectivity index (χ1n) is 11.7. The van der Waals surface area contributed by atoms with E-state index in [-0.39, 0.29) is 0 Å². The van der Waals surface area contributed by atoms with Gasteiger partial charge in [-0.25, -0.2) is 4.99 Å². The number of ether oxygens (including phenoxy) is 3. The second kappa shape index (κ2) is 13.1. The van der Waals surface area contributed by atoms with Gasteiger partial charge in [-0.3, -0.25) is 0 Å². The molecule has 0 aromatic heterocycles. The van der Waals surface area contributed by atoms with Gasteiger partial charge >= 0.3 is 0 Å². The van der Waals surface area contributed by atoms with Gasteiger partial charge in [0.05, 0.1) is 14.2 Å². The molecule has 0 aliphatic carbocycles. The number of halogens is 1. The fourth-order valence-electron chi connectivity index (χ4n) is 3.72. The summed E-state index contributed by atoms with van der Waals surface area (Å²) >= 11 is 7.95. The fourth-order valence-corrected chi connectivity index (χ4v) is 4.47. The number of amidine groups is 1. The van der Waals surface area contributed by atoms with E-state index in [2.05, 4.69) is 29.2 Å². The summed E-state index contributed by atoms with van der Waals surface area (Å²) in [6, 6.07) is 31.3. The summed E-state index contributed by atoms with van der Waals surface area (Å²) in [7, 11) is 3.34. The van der Waals surface area contributed by atoms with Gasteiger partial charge in [0.2, 0.25) is 0 Å². The smallest absolute Gasteiger partial charge is 0.164 e. The fraction of sp³-hybridized carbons (Fsp3) is 0.167. The van der Waals surface area contributed by atoms with Crippen LogP contribution in [0.3, 0.4) is 0 Å². The van der Waals surface area contributed by atoms with Crippen LogP contribution < -0.4 is 14.2 Å². The number of benzene rings is 4. The van der Waals surface area contributed by atoms with Gasteiger partial charge in [-0.2, -0.15) is 0 Å². The molecule has 0 fully saturated rings. The van der Waals surface area contributed by atoms with E-state index in [9.17, 15) is 0 Å². The lowest BCUT2D eigenvalue weighted by molar-refractivity contribution is 0.405. The van der Waals surface area contributed by atoms with E-state index in [0.717, 1.165) is 33.5 Å². The van der Waals surface area contributed by atoms with Gasteiger partial charge in [0.1, 0.15) is 22.9 Å². The Morgan fingerprint density at radius 2 is 1.32 bits per heavy atom. The zero-order valence-electron chi connectivity index (χ0n) is 21.1. The largest absolute Gasteiger partial charge is 0.497 e. The van der Waals surface area contributed by atoms with Gasteiger partial charge in [0, 0.05) is 18.1 Å². The first-order chi connectivity index (χ1) is 18.1. The van der Waals surface area contributed by atoms with Crippen molar-refractivity contribution in [3.63, 3.8) is 0 Å². The second-order valence-corrected chi connectivity index (χ2v) is 9.39. The molecule has 0 heterocycles. The Hall–Kier alpha value is -3.61. The third kappa shape index (κ3) is 7.44. The number of rotatable bonds is 9. The molecule has 5 nitrogen and oxygen atoms in total. The molecule has 0 aliphatic heterocycles. The first-order valence-corrected chi connectivity index (χ1v) is 13.3. The molecule has 0 atom stereocenters. The van der Waals surface area contributed by atoms with E-state index >= 15 is 0 Å². The van der Waals surface area contributed by atoms with Crippen LogP contribution in [0.1, 0.15) is 11.1 Å². The summed E-state index contributed by atoms with van der Waals surface area (Å²) in [5.41, 5.74) is 2.95. The van der Waals surface area contributed by atoms with Crippen LogP contribution in [0.15, 0.2) is 102 Å². The molecular weight excluding hydrogens is 504 g/mol. The van der Waals surface area contributed by atoms with Crippen LogP contribution in [-0.4, -0.2) is 30.5 Å². The summed E-state index contributed by atoms with van der Waals surface area (Å²) in [6.45, 7) is 1.32. The summed E-state index contributed by atoms with van der Waals surface area (Å²) in [6.07, 6.45) is 2.02. The van der Waals surface area contributed by atoms with Crippen LogP contribution >= 0.6 is 23.4 Å². The predicted molar refractivity (Wildman–Crippen MR) is 154 cm³/mol. The minimum absolute atomic E-state index is 0.594. The molecule has 4 rings (SSSR count). The minimum Gasteiger partial charge on any atom is -0.497 e. The Morgan fingerprint density at radius 3 is 1.84 bits per heavy atom. The quantitative estimate of drug-likeness (QED) is 0.160. The third-order valence-electron chi connectivity index (χ3n) is 5.63. The molecule has 0 saturated carbocycles. The molecule has 0 bridgehead atoms. The molecule has 0 unspecified atom stereocenters. The van der Waals surface area contributed by atoms with E-state index in [1.54, 1.807) is 26.0 Å². The summed E-state index contributed by atoms with van der Waals surface area (Å²) in [5.74, 6) is 3.02. The molecule has 0 N–H and O–H groups in total. The Labute approximate surface area is 227 Å². The van der Waals surface area contributed by atoms with Crippen LogP contribution in [0.25, 0.3) is 0 Å². The van der Waals surface area contributed by atoms with Crippen molar-refractivity contribution in [2.75, 3.05) is 20.5 Å². The van der Waals surface area contributed by atoms with Crippen molar-refractivity contribution in [2.45, 2.75) is 13.1 Å². The van der Waals surface area contributed by atoms with E-state index in [1.165, 1.54) is 0 Å². The summed E-state index contributed by atoms with van der Waals surface area (Å²) < 4.78 is 16.8. The number of aliphatic imine (C=N–C) groups is 1. The van der Waals surface area contributed by atoms with Crippen molar-refractivity contribution >= 4 is 34.2 Å². The van der Waals surface area contributed by atoms with Crippen LogP contribution in [-0.2, 0) is 13.1 Å². The third-order valence-corrected chi connectivity index (χ3v) is 6.58. The number of para-hydroxylation sites is 1. The molecule has 0 spiro atoms. The molecule has 0 radical (unpaired) electrons. The molecule has 0 aliphatic rings. The SMILES string of the molecule is COc1ccc(CN(Cc2ccc(OC)cc2)C(=Nc2cc(Cl)ccc2Oc2ccccc2)SC)cc1. The molecule has 4 aromatic rings. The van der Waals surface area contributed by atoms with Gasteiger partial charge in [-0.1, -0.05) is 65.8 Å². The number of nitrogens with zero attached hydrogens (tertiary/aromatic N) is 2. The molecule has 4 aromatic carbocycles. The Bertz CT molecular complexity index is 1260. The van der Waals surface area contributed by atoms with Gasteiger partial charge < -0.3 is 19.1 Å². The first kappa shape index (κ1) is 26.5. The predicted octanol–water partition coefficient (Wildman–Crippen LogP) is 8.20. The van der Waals surface area contributed by atoms with Crippen molar-refractivity contribution in [2.24, 2.45) is 4.99 Å². The molecule has 0 saturated heterocycles. The molecule has 37 heavy (non-hydrogen) atoms. The van der Waals surface area contributed by atoms with Crippen LogP contribution in [0.2, 0.25) is 5.02 Å². The van der Waals surface area contributed by atoms with Crippen molar-refractivity contribution in [1.29, 1.82) is 0 Å². The maximum Gasteiger partial charge on any atom is 0.164 e. The Kier molecular flexibility index (Phi) is 9.35. The molecule has 7 heteroatoms. The molecular formula is C30H29ClN2O3S. The van der Waals surface area contributed by atoms with Crippen LogP contribution in [0.4, 0.5) is 5.69 Å². The maximum absolute atomic E-state index is 6.37. The summed E-state index contributed by atoms with van der Waals surface area (Å²) in [4.78, 5) is 7.28. The van der Waals surface area contributed by atoms with E-state index in [1.807, 2.05) is 79.1 Å². The van der Waals surface area contributed by atoms with Crippen molar-refractivity contribution in [3.05, 3.63) is 113 Å². The second-order valence-electron chi connectivity index (χ2n) is 8.18. The number of hydrogen-bond donors (Lipinski definition) is 0. The highest BCUT2D eigenvalue weighted by molar-refractivity contribution is 8.13. The zero-order chi connectivity index (χ0) is 26.0. The lowest BCUT2D eigenvalue weighted by atomic mass is 10.1. The van der Waals surface area contributed by atoms with Gasteiger partial charge in [0.25, 0.3) is 0 Å². The lowest BCUT2D eigenvalue weighted by Crippen LogP contribution is -2.27. The maximum atomic E-state index is 6.37. The normalized spacial score (nSPS) is 11.2. The highest BCUT2D eigenvalue weighted by atomic mass is 35.5. The number of methoxy groups -OCH3 is 2. The van der Waals surface area contributed by atoms with E-state index in [0.29, 0.717) is 29.5 Å². The Morgan fingerprint density at radius 1 is 0.757 bits per heavy atom. The van der Waals surface area contributed by atoms with Crippen LogP contribution in [0, 0.1) is 0 Å². The van der Waals surface area contributed by atoms with E-state index in [4.69, 9.17) is 30.8 Å². The van der Waals surface area contributed by atoms with Crippen LogP contribution in [0.5, 0.6) is 23.0 Å². The van der Waals surface area contributed by atoms with E-state index < -0.39 is 0 Å². The average Bonchev–Trinajstić information content (AvgIpc) is 2.94. The minimum atomic E-state index is 0.594. The number of hydrogen-bond acceptors (Lipinski definition) is 5. The average molecular weight is 533 g/mol. The van der Waals surface area contributed by atoms with Gasteiger partial charge in [-0.15, -0.1) is 0 Å². The molecule has 0 amide bonds. The zero-order valence-corrected chi connectivity index (χ0v) is 22.6. The summed E-state index contributed by atoms with van der Waals surface area (Å²) in [5, 5.41) is 1.43. The van der Waals surface area contributed by atoms with Crippen molar-refractivity contribution < 1.29 is 14.2 Å². The highest BCUT2D eigenvalue weighted by Gasteiger charge is 2.15. The van der Waals surface area contributed by atoms with Crippen molar-refractivity contribution in [3.8, 4) is 23.0 Å².